The van der Waals surface area contributed by atoms with Crippen molar-refractivity contribution in [3.63, 3.8) is 0 Å². The summed E-state index contributed by atoms with van der Waals surface area (Å²) in [6.07, 6.45) is 30.7. The predicted molar refractivity (Wildman–Crippen MR) is 117 cm³/mol. The van der Waals surface area contributed by atoms with Crippen molar-refractivity contribution in [2.45, 2.75) is 129 Å². The van der Waals surface area contributed by atoms with Gasteiger partial charge in [-0.1, -0.05) is 129 Å². The molecule has 0 aromatic rings. The molecule has 0 saturated carbocycles. The van der Waals surface area contributed by atoms with E-state index in [-0.39, 0.29) is 0 Å². The van der Waals surface area contributed by atoms with Gasteiger partial charge < -0.3 is 0 Å². The number of allylic oxidation sites excluding steroid dienone is 2. The van der Waals surface area contributed by atoms with Crippen LogP contribution in [-0.4, -0.2) is 0 Å². The van der Waals surface area contributed by atoms with Crippen molar-refractivity contribution in [3.8, 4) is 0 Å². The fourth-order valence-electron chi connectivity index (χ4n) is 3.48. The van der Waals surface area contributed by atoms with Crippen LogP contribution in [0.25, 0.3) is 0 Å². The number of rotatable bonds is 20. The molecular weight excluding hydrogens is 300 g/mol. The summed E-state index contributed by atoms with van der Waals surface area (Å²) in [5, 5.41) is 0. The van der Waals surface area contributed by atoms with E-state index in [0.29, 0.717) is 0 Å². The zero-order valence-electron chi connectivity index (χ0n) is 17.6. The maximum absolute atomic E-state index is 3.93. The molecule has 0 aliphatic rings. The first kappa shape index (κ1) is 24.7. The second-order valence-electron chi connectivity index (χ2n) is 8.03. The third kappa shape index (κ3) is 21.7. The summed E-state index contributed by atoms with van der Waals surface area (Å²) < 4.78 is 0. The van der Waals surface area contributed by atoms with E-state index in [0.717, 1.165) is 18.8 Å². The standard InChI is InChI=1S/C25H48/c1-4-6-8-9-10-11-12-13-14-15-16-17-18-19-20-22-24-25(3)23-21-7-5-2/h10-11,25H,1-2,4-9,12-24H2,3H3/b11-10+. The van der Waals surface area contributed by atoms with Gasteiger partial charge in [-0.3, -0.25) is 0 Å². The molecule has 0 aromatic carbocycles. The van der Waals surface area contributed by atoms with E-state index in [1.54, 1.807) is 0 Å². The lowest BCUT2D eigenvalue weighted by molar-refractivity contribution is 0.437. The average molecular weight is 349 g/mol. The molecule has 1 atom stereocenters. The van der Waals surface area contributed by atoms with Crippen LogP contribution in [0, 0.1) is 19.8 Å². The monoisotopic (exact) mass is 348 g/mol. The van der Waals surface area contributed by atoms with Crippen LogP contribution in [0.4, 0.5) is 0 Å². The van der Waals surface area contributed by atoms with Crippen LogP contribution in [0.5, 0.6) is 0 Å². The minimum absolute atomic E-state index is 0.934. The van der Waals surface area contributed by atoms with E-state index in [1.165, 1.54) is 109 Å². The van der Waals surface area contributed by atoms with Gasteiger partial charge in [-0.2, -0.15) is 0 Å². The van der Waals surface area contributed by atoms with Crippen LogP contribution in [0.15, 0.2) is 12.2 Å². The molecule has 148 valence electrons. The average Bonchev–Trinajstić information content (AvgIpc) is 2.61. The van der Waals surface area contributed by atoms with Crippen molar-refractivity contribution in [3.05, 3.63) is 26.0 Å². The first-order valence-electron chi connectivity index (χ1n) is 11.5. The quantitative estimate of drug-likeness (QED) is 0.152. The molecule has 25 heavy (non-hydrogen) atoms. The maximum atomic E-state index is 3.93. The Balaban J connectivity index is 3.11. The van der Waals surface area contributed by atoms with Crippen molar-refractivity contribution in [1.82, 2.24) is 0 Å². The first-order valence-corrected chi connectivity index (χ1v) is 11.5. The van der Waals surface area contributed by atoms with Crippen LogP contribution in [-0.2, 0) is 0 Å². The summed E-state index contributed by atoms with van der Waals surface area (Å²) in [5.74, 6) is 0.934. The Morgan fingerprint density at radius 1 is 0.520 bits per heavy atom. The summed E-state index contributed by atoms with van der Waals surface area (Å²) >= 11 is 0. The minimum atomic E-state index is 0.934. The van der Waals surface area contributed by atoms with Crippen molar-refractivity contribution in [2.75, 3.05) is 0 Å². The summed E-state index contributed by atoms with van der Waals surface area (Å²) in [5.41, 5.74) is 0. The van der Waals surface area contributed by atoms with Gasteiger partial charge >= 0.3 is 0 Å². The molecule has 0 aromatic heterocycles. The smallest absolute Gasteiger partial charge is 0.0351 e. The highest BCUT2D eigenvalue weighted by Gasteiger charge is 2.01. The highest BCUT2D eigenvalue weighted by Crippen LogP contribution is 2.18. The molecule has 0 spiro atoms. The van der Waals surface area contributed by atoms with Gasteiger partial charge in [0.2, 0.25) is 0 Å². The Morgan fingerprint density at radius 2 is 0.880 bits per heavy atom. The third-order valence-corrected chi connectivity index (χ3v) is 5.30. The molecule has 0 aliphatic carbocycles. The third-order valence-electron chi connectivity index (χ3n) is 5.30. The van der Waals surface area contributed by atoms with E-state index >= 15 is 0 Å². The van der Waals surface area contributed by atoms with Crippen LogP contribution < -0.4 is 0 Å². The summed E-state index contributed by atoms with van der Waals surface area (Å²) in [7, 11) is 0. The van der Waals surface area contributed by atoms with Crippen LogP contribution in [0.2, 0.25) is 0 Å². The fraction of sp³-hybridized carbons (Fsp3) is 0.840. The molecule has 0 N–H and O–H groups in total. The molecule has 0 bridgehead atoms. The molecule has 0 nitrogen and oxygen atoms in total. The summed E-state index contributed by atoms with van der Waals surface area (Å²) in [6.45, 7) is 10.2. The van der Waals surface area contributed by atoms with E-state index in [1.807, 2.05) is 0 Å². The van der Waals surface area contributed by atoms with Crippen molar-refractivity contribution >= 4 is 0 Å². The summed E-state index contributed by atoms with van der Waals surface area (Å²) in [4.78, 5) is 0. The SMILES string of the molecule is [CH2]CCCC/C=C/CCCCCCCCCCCC(C)CCCC[CH2]. The van der Waals surface area contributed by atoms with Crippen molar-refractivity contribution in [2.24, 2.45) is 5.92 Å². The Bertz CT molecular complexity index is 253. The van der Waals surface area contributed by atoms with Crippen molar-refractivity contribution in [1.29, 1.82) is 0 Å². The first-order chi connectivity index (χ1) is 12.3. The van der Waals surface area contributed by atoms with Gasteiger partial charge in [0, 0.05) is 0 Å². The number of unbranched alkanes of at least 4 members (excludes halogenated alkanes) is 14. The van der Waals surface area contributed by atoms with E-state index < -0.39 is 0 Å². The summed E-state index contributed by atoms with van der Waals surface area (Å²) in [6, 6.07) is 0. The molecular formula is C25H48. The van der Waals surface area contributed by atoms with E-state index in [2.05, 4.69) is 32.9 Å². The topological polar surface area (TPSA) is 0 Å². The zero-order valence-corrected chi connectivity index (χ0v) is 17.6. The molecule has 0 heterocycles. The normalized spacial score (nSPS) is 12.9. The minimum Gasteiger partial charge on any atom is -0.0885 e. The van der Waals surface area contributed by atoms with Crippen LogP contribution in [0.3, 0.4) is 0 Å². The highest BCUT2D eigenvalue weighted by molar-refractivity contribution is 4.81. The van der Waals surface area contributed by atoms with Gasteiger partial charge in [-0.05, 0) is 31.6 Å². The molecule has 0 aliphatic heterocycles. The lowest BCUT2D eigenvalue weighted by Gasteiger charge is -2.10. The van der Waals surface area contributed by atoms with E-state index in [9.17, 15) is 0 Å². The van der Waals surface area contributed by atoms with Gasteiger partial charge in [-0.25, -0.2) is 0 Å². The molecule has 1 unspecified atom stereocenters. The molecule has 0 amide bonds. The second kappa shape index (κ2) is 21.8. The van der Waals surface area contributed by atoms with Gasteiger partial charge in [0.25, 0.3) is 0 Å². The van der Waals surface area contributed by atoms with Crippen LogP contribution >= 0.6 is 0 Å². The lowest BCUT2D eigenvalue weighted by Crippen LogP contribution is -1.94. The fourth-order valence-corrected chi connectivity index (χ4v) is 3.48. The van der Waals surface area contributed by atoms with Gasteiger partial charge in [-0.15, -0.1) is 0 Å². The Hall–Kier alpha value is -0.260. The second-order valence-corrected chi connectivity index (χ2v) is 8.03. The molecule has 0 saturated heterocycles. The highest BCUT2D eigenvalue weighted by atomic mass is 14.1. The Kier molecular flexibility index (Phi) is 21.6. The van der Waals surface area contributed by atoms with E-state index in [4.69, 9.17) is 0 Å². The Labute approximate surface area is 161 Å². The maximum Gasteiger partial charge on any atom is -0.0351 e. The molecule has 0 heteroatoms. The van der Waals surface area contributed by atoms with Gasteiger partial charge in [0.15, 0.2) is 0 Å². The molecule has 0 fully saturated rings. The Morgan fingerprint density at radius 3 is 1.40 bits per heavy atom. The zero-order chi connectivity index (χ0) is 18.4. The predicted octanol–water partition coefficient (Wildman–Crippen LogP) is 9.26. The molecule has 2 radical (unpaired) electrons. The van der Waals surface area contributed by atoms with Gasteiger partial charge in [0.1, 0.15) is 0 Å². The van der Waals surface area contributed by atoms with Crippen LogP contribution in [0.1, 0.15) is 129 Å². The van der Waals surface area contributed by atoms with Crippen molar-refractivity contribution < 1.29 is 0 Å². The number of hydrogen-bond donors (Lipinski definition) is 0. The largest absolute Gasteiger partial charge is 0.0885 e. The number of hydrogen-bond acceptors (Lipinski definition) is 0. The molecule has 0 rings (SSSR count). The van der Waals surface area contributed by atoms with Gasteiger partial charge in [0.05, 0.1) is 0 Å². The lowest BCUT2D eigenvalue weighted by atomic mass is 9.96.